The molecule has 0 radical (unpaired) electrons. The SMILES string of the molecule is CCOc1ccc(N2C[C@@H](c3nc4ccccc4n3CCCOc3ccc(Cl)cc3)CC2=O)cc1. The minimum Gasteiger partial charge on any atom is -0.494 e. The molecule has 1 aromatic heterocycles. The molecule has 0 unspecified atom stereocenters. The number of anilines is 1. The van der Waals surface area contributed by atoms with Gasteiger partial charge in [-0.1, -0.05) is 23.7 Å². The van der Waals surface area contributed by atoms with Crippen LogP contribution in [0.3, 0.4) is 0 Å². The summed E-state index contributed by atoms with van der Waals surface area (Å²) >= 11 is 5.96. The standard InChI is InChI=1S/C28H28ClN3O3/c1-2-34-23-14-10-22(11-15-23)32-19-20(18-27(32)33)28-30-25-6-3-4-7-26(25)31(28)16-5-17-35-24-12-8-21(29)9-13-24/h3-4,6-15,20H,2,5,16-19H2,1H3/t20-/m0/s1. The quantitative estimate of drug-likeness (QED) is 0.267. The normalized spacial score (nSPS) is 15.7. The molecule has 0 bridgehead atoms. The van der Waals surface area contributed by atoms with Crippen molar-refractivity contribution in [1.82, 2.24) is 9.55 Å². The Labute approximate surface area is 210 Å². The number of fused-ring (bicyclic) bond motifs is 1. The Morgan fingerprint density at radius 2 is 1.69 bits per heavy atom. The van der Waals surface area contributed by atoms with Gasteiger partial charge in [0.05, 0.1) is 24.2 Å². The third kappa shape index (κ3) is 5.13. The second-order valence-electron chi connectivity index (χ2n) is 8.60. The van der Waals surface area contributed by atoms with Crippen LogP contribution in [0.1, 0.15) is 31.5 Å². The Balaban J connectivity index is 1.32. The lowest BCUT2D eigenvalue weighted by Gasteiger charge is -2.18. The van der Waals surface area contributed by atoms with Crippen LogP contribution in [0.15, 0.2) is 72.8 Å². The van der Waals surface area contributed by atoms with E-state index >= 15 is 0 Å². The summed E-state index contributed by atoms with van der Waals surface area (Å²) in [5.74, 6) is 2.71. The maximum absolute atomic E-state index is 13.0. The third-order valence-electron chi connectivity index (χ3n) is 6.24. The Hall–Kier alpha value is -3.51. The molecule has 6 nitrogen and oxygen atoms in total. The van der Waals surface area contributed by atoms with Crippen LogP contribution in [0.25, 0.3) is 11.0 Å². The zero-order valence-corrected chi connectivity index (χ0v) is 20.4. The monoisotopic (exact) mass is 489 g/mol. The first-order valence-electron chi connectivity index (χ1n) is 12.0. The predicted molar refractivity (Wildman–Crippen MR) is 139 cm³/mol. The highest BCUT2D eigenvalue weighted by molar-refractivity contribution is 6.30. The molecule has 1 amide bonds. The smallest absolute Gasteiger partial charge is 0.227 e. The van der Waals surface area contributed by atoms with Crippen molar-refractivity contribution < 1.29 is 14.3 Å². The van der Waals surface area contributed by atoms with E-state index in [0.717, 1.165) is 47.0 Å². The van der Waals surface area contributed by atoms with Gasteiger partial charge < -0.3 is 18.9 Å². The summed E-state index contributed by atoms with van der Waals surface area (Å²) in [5.41, 5.74) is 2.93. The van der Waals surface area contributed by atoms with E-state index in [1.165, 1.54) is 0 Å². The number of halogens is 1. The largest absolute Gasteiger partial charge is 0.494 e. The first-order valence-corrected chi connectivity index (χ1v) is 12.4. The van der Waals surface area contributed by atoms with E-state index in [1.807, 2.05) is 78.6 Å². The molecule has 3 aromatic carbocycles. The van der Waals surface area contributed by atoms with Crippen molar-refractivity contribution in [3.63, 3.8) is 0 Å². The van der Waals surface area contributed by atoms with Crippen molar-refractivity contribution in [1.29, 1.82) is 0 Å². The number of rotatable bonds is 9. The van der Waals surface area contributed by atoms with Crippen LogP contribution in [0, 0.1) is 0 Å². The first-order chi connectivity index (χ1) is 17.1. The molecule has 1 aliphatic heterocycles. The van der Waals surface area contributed by atoms with Gasteiger partial charge in [0.25, 0.3) is 0 Å². The van der Waals surface area contributed by atoms with Crippen molar-refractivity contribution in [3.05, 3.63) is 83.6 Å². The van der Waals surface area contributed by atoms with Gasteiger partial charge >= 0.3 is 0 Å². The summed E-state index contributed by atoms with van der Waals surface area (Å²) in [4.78, 5) is 19.8. The summed E-state index contributed by atoms with van der Waals surface area (Å²) in [6.45, 7) is 4.52. The van der Waals surface area contributed by atoms with Crippen molar-refractivity contribution in [2.24, 2.45) is 0 Å². The number of para-hydroxylation sites is 2. The number of nitrogens with zero attached hydrogens (tertiary/aromatic N) is 3. The highest BCUT2D eigenvalue weighted by Crippen LogP contribution is 2.34. The summed E-state index contributed by atoms with van der Waals surface area (Å²) in [5, 5.41) is 0.692. The molecule has 180 valence electrons. The number of hydrogen-bond acceptors (Lipinski definition) is 4. The number of carbonyl (C=O) groups excluding carboxylic acids is 1. The van der Waals surface area contributed by atoms with Gasteiger partial charge in [0.15, 0.2) is 0 Å². The van der Waals surface area contributed by atoms with Gasteiger partial charge in [-0.05, 0) is 74.0 Å². The molecule has 1 aliphatic rings. The van der Waals surface area contributed by atoms with Crippen LogP contribution in [0.4, 0.5) is 5.69 Å². The minimum absolute atomic E-state index is 0.0265. The lowest BCUT2D eigenvalue weighted by atomic mass is 10.1. The minimum atomic E-state index is 0.0265. The maximum Gasteiger partial charge on any atom is 0.227 e. The molecule has 1 fully saturated rings. The number of carbonyl (C=O) groups is 1. The number of imidazole rings is 1. The van der Waals surface area contributed by atoms with Crippen LogP contribution >= 0.6 is 11.6 Å². The lowest BCUT2D eigenvalue weighted by molar-refractivity contribution is -0.117. The van der Waals surface area contributed by atoms with Gasteiger partial charge in [-0.3, -0.25) is 4.79 Å². The van der Waals surface area contributed by atoms with E-state index in [0.29, 0.717) is 31.2 Å². The van der Waals surface area contributed by atoms with E-state index in [1.54, 1.807) is 0 Å². The van der Waals surface area contributed by atoms with Crippen LogP contribution in [0.2, 0.25) is 5.02 Å². The van der Waals surface area contributed by atoms with Gasteiger partial charge in [-0.25, -0.2) is 4.98 Å². The third-order valence-corrected chi connectivity index (χ3v) is 6.49. The Morgan fingerprint density at radius 3 is 2.46 bits per heavy atom. The van der Waals surface area contributed by atoms with E-state index in [2.05, 4.69) is 10.6 Å². The highest BCUT2D eigenvalue weighted by Gasteiger charge is 2.34. The van der Waals surface area contributed by atoms with Crippen molar-refractivity contribution in [2.45, 2.75) is 32.2 Å². The molecule has 0 spiro atoms. The number of benzene rings is 3. The summed E-state index contributed by atoms with van der Waals surface area (Å²) < 4.78 is 13.7. The van der Waals surface area contributed by atoms with Crippen molar-refractivity contribution in [2.75, 3.05) is 24.7 Å². The van der Waals surface area contributed by atoms with Crippen molar-refractivity contribution in [3.8, 4) is 11.5 Å². The highest BCUT2D eigenvalue weighted by atomic mass is 35.5. The molecule has 0 saturated carbocycles. The number of amides is 1. The van der Waals surface area contributed by atoms with E-state index in [9.17, 15) is 4.79 Å². The Bertz CT molecular complexity index is 1300. The predicted octanol–water partition coefficient (Wildman–Crippen LogP) is 6.08. The molecular formula is C28H28ClN3O3. The Kier molecular flexibility index (Phi) is 6.91. The fourth-order valence-electron chi connectivity index (χ4n) is 4.60. The lowest BCUT2D eigenvalue weighted by Crippen LogP contribution is -2.24. The topological polar surface area (TPSA) is 56.6 Å². The van der Waals surface area contributed by atoms with Crippen molar-refractivity contribution >= 4 is 34.2 Å². The van der Waals surface area contributed by atoms with Crippen LogP contribution in [-0.4, -0.2) is 35.2 Å². The zero-order chi connectivity index (χ0) is 24.2. The molecule has 1 saturated heterocycles. The molecule has 7 heteroatoms. The van der Waals surface area contributed by atoms with Crippen LogP contribution in [0.5, 0.6) is 11.5 Å². The summed E-state index contributed by atoms with van der Waals surface area (Å²) in [6.07, 6.45) is 1.26. The number of ether oxygens (including phenoxy) is 2. The Morgan fingerprint density at radius 1 is 0.971 bits per heavy atom. The fraction of sp³-hybridized carbons (Fsp3) is 0.286. The number of hydrogen-bond donors (Lipinski definition) is 0. The van der Waals surface area contributed by atoms with E-state index in [-0.39, 0.29) is 11.8 Å². The van der Waals surface area contributed by atoms with Gasteiger partial charge in [0.2, 0.25) is 5.91 Å². The second-order valence-corrected chi connectivity index (χ2v) is 9.04. The molecule has 0 N–H and O–H groups in total. The van der Waals surface area contributed by atoms with Gasteiger partial charge in [-0.15, -0.1) is 0 Å². The average molecular weight is 490 g/mol. The molecule has 0 aliphatic carbocycles. The molecule has 1 atom stereocenters. The second kappa shape index (κ2) is 10.4. The average Bonchev–Trinajstić information content (AvgIpc) is 3.44. The zero-order valence-electron chi connectivity index (χ0n) is 19.7. The van der Waals surface area contributed by atoms with Gasteiger partial charge in [0.1, 0.15) is 17.3 Å². The van der Waals surface area contributed by atoms with Gasteiger partial charge in [-0.2, -0.15) is 0 Å². The number of aromatic nitrogens is 2. The molecule has 4 aromatic rings. The van der Waals surface area contributed by atoms with Crippen LogP contribution < -0.4 is 14.4 Å². The molecular weight excluding hydrogens is 462 g/mol. The van der Waals surface area contributed by atoms with Gasteiger partial charge in [0, 0.05) is 36.1 Å². The van der Waals surface area contributed by atoms with E-state index < -0.39 is 0 Å². The fourth-order valence-corrected chi connectivity index (χ4v) is 4.73. The van der Waals surface area contributed by atoms with Crippen LogP contribution in [-0.2, 0) is 11.3 Å². The van der Waals surface area contributed by atoms with E-state index in [4.69, 9.17) is 26.1 Å². The summed E-state index contributed by atoms with van der Waals surface area (Å²) in [6, 6.07) is 23.3. The maximum atomic E-state index is 13.0. The molecule has 35 heavy (non-hydrogen) atoms. The molecule has 5 rings (SSSR count). The molecule has 2 heterocycles. The number of aryl methyl sites for hydroxylation is 1. The summed E-state index contributed by atoms with van der Waals surface area (Å²) in [7, 11) is 0. The first kappa shape index (κ1) is 23.2.